The standard InChI is InChI=1S/C22H24FN3O2/c1-25-11-8-15-4-7-19(14-20(15)25)24-22(28)26-12-9-17(10-13-26)21(27)16-2-5-18(23)6-3-16/h2-8,11,14,17,21,27H,9-10,12-13H2,1H3,(H,24,28). The van der Waals surface area contributed by atoms with Gasteiger partial charge in [-0.2, -0.15) is 0 Å². The van der Waals surface area contributed by atoms with Gasteiger partial charge in [0.25, 0.3) is 0 Å². The normalized spacial score (nSPS) is 16.3. The second kappa shape index (κ2) is 7.64. The van der Waals surface area contributed by atoms with Gasteiger partial charge in [0.05, 0.1) is 6.10 Å². The Morgan fingerprint density at radius 3 is 2.57 bits per heavy atom. The summed E-state index contributed by atoms with van der Waals surface area (Å²) in [7, 11) is 1.98. The van der Waals surface area contributed by atoms with Crippen molar-refractivity contribution < 1.29 is 14.3 Å². The monoisotopic (exact) mass is 381 g/mol. The molecule has 2 aromatic carbocycles. The molecule has 1 saturated heterocycles. The zero-order valence-corrected chi connectivity index (χ0v) is 15.8. The first-order chi connectivity index (χ1) is 13.5. The first-order valence-corrected chi connectivity index (χ1v) is 9.56. The number of halogens is 1. The fourth-order valence-corrected chi connectivity index (χ4v) is 3.89. The maximum atomic E-state index is 13.1. The Morgan fingerprint density at radius 1 is 1.14 bits per heavy atom. The van der Waals surface area contributed by atoms with Crippen LogP contribution in [0.5, 0.6) is 0 Å². The number of likely N-dealkylation sites (tertiary alicyclic amines) is 1. The van der Waals surface area contributed by atoms with E-state index in [1.165, 1.54) is 12.1 Å². The van der Waals surface area contributed by atoms with E-state index in [1.807, 2.05) is 42.1 Å². The molecule has 0 aliphatic carbocycles. The molecule has 1 fully saturated rings. The van der Waals surface area contributed by atoms with Crippen LogP contribution in [0.25, 0.3) is 10.9 Å². The van der Waals surface area contributed by atoms with Crippen molar-refractivity contribution in [2.45, 2.75) is 18.9 Å². The number of urea groups is 1. The third kappa shape index (κ3) is 3.73. The van der Waals surface area contributed by atoms with Crippen LogP contribution in [0.1, 0.15) is 24.5 Å². The van der Waals surface area contributed by atoms with Gasteiger partial charge in [-0.25, -0.2) is 9.18 Å². The fourth-order valence-electron chi connectivity index (χ4n) is 3.89. The summed E-state index contributed by atoms with van der Waals surface area (Å²) in [4.78, 5) is 14.4. The van der Waals surface area contributed by atoms with Crippen LogP contribution in [0.3, 0.4) is 0 Å². The van der Waals surface area contributed by atoms with Gasteiger partial charge in [-0.05, 0) is 60.0 Å². The van der Waals surface area contributed by atoms with Crippen molar-refractivity contribution in [3.05, 3.63) is 66.1 Å². The zero-order valence-electron chi connectivity index (χ0n) is 15.8. The number of aliphatic hydroxyl groups excluding tert-OH is 1. The molecule has 4 rings (SSSR count). The summed E-state index contributed by atoms with van der Waals surface area (Å²) in [6.07, 6.45) is 2.78. The number of hydrogen-bond donors (Lipinski definition) is 2. The minimum absolute atomic E-state index is 0.0641. The molecule has 0 radical (unpaired) electrons. The number of nitrogens with zero attached hydrogens (tertiary/aromatic N) is 2. The predicted octanol–water partition coefficient (Wildman–Crippen LogP) is 4.29. The van der Waals surface area contributed by atoms with Gasteiger partial charge in [-0.1, -0.05) is 18.2 Å². The minimum Gasteiger partial charge on any atom is -0.388 e. The summed E-state index contributed by atoms with van der Waals surface area (Å²) in [5, 5.41) is 14.7. The largest absolute Gasteiger partial charge is 0.388 e. The van der Waals surface area contributed by atoms with Gasteiger partial charge in [0, 0.05) is 37.5 Å². The lowest BCUT2D eigenvalue weighted by molar-refractivity contribution is 0.0682. The minimum atomic E-state index is -0.634. The average Bonchev–Trinajstić information content (AvgIpc) is 3.08. The quantitative estimate of drug-likeness (QED) is 0.711. The molecule has 6 heteroatoms. The molecule has 28 heavy (non-hydrogen) atoms. The van der Waals surface area contributed by atoms with Crippen molar-refractivity contribution in [1.29, 1.82) is 0 Å². The van der Waals surface area contributed by atoms with Crippen LogP contribution in [0.15, 0.2) is 54.7 Å². The highest BCUT2D eigenvalue weighted by atomic mass is 19.1. The summed E-state index contributed by atoms with van der Waals surface area (Å²) < 4.78 is 15.1. The SMILES string of the molecule is Cn1ccc2ccc(NC(=O)N3CCC(C(O)c4ccc(F)cc4)CC3)cc21. The van der Waals surface area contributed by atoms with E-state index in [9.17, 15) is 14.3 Å². The number of amides is 2. The Labute approximate surface area is 163 Å². The van der Waals surface area contributed by atoms with E-state index in [0.29, 0.717) is 25.9 Å². The van der Waals surface area contributed by atoms with Crippen molar-refractivity contribution in [3.63, 3.8) is 0 Å². The first-order valence-electron chi connectivity index (χ1n) is 9.56. The van der Waals surface area contributed by atoms with Crippen LogP contribution in [0, 0.1) is 11.7 Å². The van der Waals surface area contributed by atoms with E-state index in [1.54, 1.807) is 17.0 Å². The van der Waals surface area contributed by atoms with Crippen LogP contribution in [0.2, 0.25) is 0 Å². The summed E-state index contributed by atoms with van der Waals surface area (Å²) >= 11 is 0. The fraction of sp³-hybridized carbons (Fsp3) is 0.318. The molecule has 2 N–H and O–H groups in total. The highest BCUT2D eigenvalue weighted by Gasteiger charge is 2.28. The number of carbonyl (C=O) groups is 1. The molecule has 0 spiro atoms. The van der Waals surface area contributed by atoms with Crippen molar-refractivity contribution in [1.82, 2.24) is 9.47 Å². The third-order valence-corrected chi connectivity index (χ3v) is 5.62. The van der Waals surface area contributed by atoms with Gasteiger partial charge in [0.15, 0.2) is 0 Å². The summed E-state index contributed by atoms with van der Waals surface area (Å²) in [6.45, 7) is 1.17. The lowest BCUT2D eigenvalue weighted by Crippen LogP contribution is -2.42. The highest BCUT2D eigenvalue weighted by Crippen LogP contribution is 2.31. The summed E-state index contributed by atoms with van der Waals surface area (Å²) in [5.41, 5.74) is 2.56. The predicted molar refractivity (Wildman–Crippen MR) is 108 cm³/mol. The second-order valence-electron chi connectivity index (χ2n) is 7.45. The molecule has 3 aromatic rings. The Bertz CT molecular complexity index is 975. The lowest BCUT2D eigenvalue weighted by Gasteiger charge is -2.34. The van der Waals surface area contributed by atoms with E-state index in [-0.39, 0.29) is 17.8 Å². The van der Waals surface area contributed by atoms with E-state index < -0.39 is 6.10 Å². The Kier molecular flexibility index (Phi) is 5.05. The number of piperidine rings is 1. The first kappa shape index (κ1) is 18.5. The number of fused-ring (bicyclic) bond motifs is 1. The number of anilines is 1. The zero-order chi connectivity index (χ0) is 19.7. The van der Waals surface area contributed by atoms with Gasteiger partial charge < -0.3 is 19.9 Å². The van der Waals surface area contributed by atoms with Gasteiger partial charge in [0.2, 0.25) is 0 Å². The maximum Gasteiger partial charge on any atom is 0.321 e. The number of benzene rings is 2. The molecule has 2 heterocycles. The van der Waals surface area contributed by atoms with E-state index in [0.717, 1.165) is 22.2 Å². The Hall–Kier alpha value is -2.86. The van der Waals surface area contributed by atoms with Crippen molar-refractivity contribution in [3.8, 4) is 0 Å². The second-order valence-corrected chi connectivity index (χ2v) is 7.45. The third-order valence-electron chi connectivity index (χ3n) is 5.62. The number of aryl methyl sites for hydroxylation is 1. The van der Waals surface area contributed by atoms with Crippen molar-refractivity contribution in [2.24, 2.45) is 13.0 Å². The van der Waals surface area contributed by atoms with E-state index in [2.05, 4.69) is 5.32 Å². The summed E-state index contributed by atoms with van der Waals surface area (Å²) in [6, 6.07) is 13.8. The van der Waals surface area contributed by atoms with Crippen molar-refractivity contribution in [2.75, 3.05) is 18.4 Å². The number of nitrogens with one attached hydrogen (secondary N) is 1. The average molecular weight is 381 g/mol. The number of rotatable bonds is 3. The maximum absolute atomic E-state index is 13.1. The van der Waals surface area contributed by atoms with Gasteiger partial charge >= 0.3 is 6.03 Å². The molecule has 5 nitrogen and oxygen atoms in total. The molecule has 1 aliphatic rings. The molecule has 0 saturated carbocycles. The number of aromatic nitrogens is 1. The van der Waals surface area contributed by atoms with Gasteiger partial charge in [-0.3, -0.25) is 0 Å². The topological polar surface area (TPSA) is 57.5 Å². The summed E-state index contributed by atoms with van der Waals surface area (Å²) in [5.74, 6) is -0.245. The molecular formula is C22H24FN3O2. The van der Waals surface area contributed by atoms with E-state index in [4.69, 9.17) is 0 Å². The van der Waals surface area contributed by atoms with Crippen LogP contribution in [0.4, 0.5) is 14.9 Å². The van der Waals surface area contributed by atoms with Crippen LogP contribution < -0.4 is 5.32 Å². The number of hydrogen-bond acceptors (Lipinski definition) is 2. The van der Waals surface area contributed by atoms with Crippen LogP contribution in [-0.2, 0) is 7.05 Å². The van der Waals surface area contributed by atoms with Crippen molar-refractivity contribution >= 4 is 22.6 Å². The van der Waals surface area contributed by atoms with Gasteiger partial charge in [0.1, 0.15) is 5.82 Å². The molecular weight excluding hydrogens is 357 g/mol. The van der Waals surface area contributed by atoms with Gasteiger partial charge in [-0.15, -0.1) is 0 Å². The molecule has 146 valence electrons. The van der Waals surface area contributed by atoms with E-state index >= 15 is 0 Å². The number of aliphatic hydroxyl groups is 1. The smallest absolute Gasteiger partial charge is 0.321 e. The molecule has 0 bridgehead atoms. The highest BCUT2D eigenvalue weighted by molar-refractivity contribution is 5.92. The van der Waals surface area contributed by atoms with Crippen LogP contribution in [-0.4, -0.2) is 33.7 Å². The lowest BCUT2D eigenvalue weighted by atomic mass is 9.87. The number of carbonyl (C=O) groups excluding carboxylic acids is 1. The molecule has 2 amide bonds. The molecule has 1 aromatic heterocycles. The Morgan fingerprint density at radius 2 is 1.86 bits per heavy atom. The van der Waals surface area contributed by atoms with Crippen LogP contribution >= 0.6 is 0 Å². The molecule has 1 unspecified atom stereocenters. The Balaban J connectivity index is 1.35. The molecule has 1 aliphatic heterocycles. The molecule has 1 atom stereocenters.